The Balaban J connectivity index is 1.77. The number of carbonyl (C=O) groups excluding carboxylic acids is 1. The van der Waals surface area contributed by atoms with Gasteiger partial charge in [-0.05, 0) is 44.5 Å². The predicted octanol–water partition coefficient (Wildman–Crippen LogP) is 2.33. The zero-order valence-electron chi connectivity index (χ0n) is 12.7. The molecular weight excluding hydrogens is 322 g/mol. The lowest BCUT2D eigenvalue weighted by Crippen LogP contribution is -2.17. The lowest BCUT2D eigenvalue weighted by molar-refractivity contribution is -0.113. The van der Waals surface area contributed by atoms with E-state index >= 15 is 0 Å². The van der Waals surface area contributed by atoms with Crippen LogP contribution in [0.25, 0.3) is 0 Å². The van der Waals surface area contributed by atoms with Gasteiger partial charge in [0.05, 0.1) is 23.4 Å². The van der Waals surface area contributed by atoms with E-state index in [1.54, 1.807) is 12.1 Å². The largest absolute Gasteiger partial charge is 0.491 e. The summed E-state index contributed by atoms with van der Waals surface area (Å²) in [4.78, 5) is 11.9. The SMILES string of the molecule is CC(C)Oc1ccc(NC(=O)CSC2CCS(=O)(=O)C2)cc1. The highest BCUT2D eigenvalue weighted by Crippen LogP contribution is 2.24. The highest BCUT2D eigenvalue weighted by atomic mass is 32.2. The molecule has 1 N–H and O–H groups in total. The fourth-order valence-electron chi connectivity index (χ4n) is 2.17. The molecule has 1 atom stereocenters. The third kappa shape index (κ3) is 5.53. The van der Waals surface area contributed by atoms with Crippen molar-refractivity contribution in [1.29, 1.82) is 0 Å². The first-order valence-corrected chi connectivity index (χ1v) is 10.1. The minimum Gasteiger partial charge on any atom is -0.491 e. The Bertz CT molecular complexity index is 611. The van der Waals surface area contributed by atoms with Crippen LogP contribution in [0.1, 0.15) is 20.3 Å². The summed E-state index contributed by atoms with van der Waals surface area (Å²) in [5.41, 5.74) is 0.709. The molecule has 1 saturated heterocycles. The summed E-state index contributed by atoms with van der Waals surface area (Å²) in [7, 11) is -2.88. The first kappa shape index (κ1) is 17.1. The molecular formula is C15H21NO4S2. The Labute approximate surface area is 135 Å². The van der Waals surface area contributed by atoms with Crippen LogP contribution in [0.4, 0.5) is 5.69 Å². The Morgan fingerprint density at radius 1 is 1.36 bits per heavy atom. The maximum absolute atomic E-state index is 11.9. The number of thioether (sulfide) groups is 1. The molecule has 2 rings (SSSR count). The summed E-state index contributed by atoms with van der Waals surface area (Å²) in [6.45, 7) is 3.91. The number of anilines is 1. The van der Waals surface area contributed by atoms with E-state index in [2.05, 4.69) is 5.32 Å². The van der Waals surface area contributed by atoms with Gasteiger partial charge in [0.15, 0.2) is 9.84 Å². The molecule has 0 bridgehead atoms. The molecule has 1 unspecified atom stereocenters. The first-order valence-electron chi connectivity index (χ1n) is 7.23. The summed E-state index contributed by atoms with van der Waals surface area (Å²) in [6, 6.07) is 7.21. The summed E-state index contributed by atoms with van der Waals surface area (Å²) in [5, 5.41) is 2.84. The lowest BCUT2D eigenvalue weighted by Gasteiger charge is -2.11. The number of benzene rings is 1. The van der Waals surface area contributed by atoms with E-state index in [9.17, 15) is 13.2 Å². The Hall–Kier alpha value is -1.21. The molecule has 0 aliphatic carbocycles. The molecule has 0 spiro atoms. The quantitative estimate of drug-likeness (QED) is 0.858. The number of amides is 1. The second-order valence-corrected chi connectivity index (χ2v) is 9.09. The maximum Gasteiger partial charge on any atom is 0.234 e. The van der Waals surface area contributed by atoms with Crippen molar-refractivity contribution < 1.29 is 17.9 Å². The van der Waals surface area contributed by atoms with Crippen LogP contribution >= 0.6 is 11.8 Å². The molecule has 1 aliphatic heterocycles. The Morgan fingerprint density at radius 3 is 2.59 bits per heavy atom. The van der Waals surface area contributed by atoms with Gasteiger partial charge in [0.1, 0.15) is 5.75 Å². The molecule has 1 fully saturated rings. The number of ether oxygens (including phenoxy) is 1. The smallest absolute Gasteiger partial charge is 0.234 e. The highest BCUT2D eigenvalue weighted by Gasteiger charge is 2.28. The van der Waals surface area contributed by atoms with Crippen molar-refractivity contribution in [2.45, 2.75) is 31.6 Å². The van der Waals surface area contributed by atoms with Crippen molar-refractivity contribution >= 4 is 33.2 Å². The molecule has 7 heteroatoms. The van der Waals surface area contributed by atoms with E-state index in [0.29, 0.717) is 12.1 Å². The standard InChI is InChI=1S/C15H21NO4S2/c1-11(2)20-13-5-3-12(4-6-13)16-15(17)9-21-14-7-8-22(18,19)10-14/h3-6,11,14H,7-10H2,1-2H3,(H,16,17). The van der Waals surface area contributed by atoms with Crippen molar-refractivity contribution in [1.82, 2.24) is 0 Å². The van der Waals surface area contributed by atoms with Gasteiger partial charge in [-0.15, -0.1) is 11.8 Å². The van der Waals surface area contributed by atoms with Crippen LogP contribution in [-0.4, -0.2) is 42.9 Å². The zero-order valence-corrected chi connectivity index (χ0v) is 14.4. The van der Waals surface area contributed by atoms with Crippen molar-refractivity contribution in [3.05, 3.63) is 24.3 Å². The number of hydrogen-bond acceptors (Lipinski definition) is 5. The average molecular weight is 343 g/mol. The third-order valence-corrected chi connectivity index (χ3v) is 6.43. The van der Waals surface area contributed by atoms with E-state index < -0.39 is 9.84 Å². The molecule has 0 aromatic heterocycles. The van der Waals surface area contributed by atoms with Gasteiger partial charge in [0.25, 0.3) is 0 Å². The minimum atomic E-state index is -2.88. The number of hydrogen-bond donors (Lipinski definition) is 1. The predicted molar refractivity (Wildman–Crippen MR) is 90.4 cm³/mol. The Kier molecular flexibility index (Phi) is 5.74. The van der Waals surface area contributed by atoms with Crippen LogP contribution < -0.4 is 10.1 Å². The third-order valence-electron chi connectivity index (χ3n) is 3.15. The first-order chi connectivity index (χ1) is 10.3. The normalized spacial score (nSPS) is 20.0. The topological polar surface area (TPSA) is 72.5 Å². The number of nitrogens with one attached hydrogen (secondary N) is 1. The van der Waals surface area contributed by atoms with E-state index in [1.807, 2.05) is 26.0 Å². The van der Waals surface area contributed by atoms with Gasteiger partial charge < -0.3 is 10.1 Å². The molecule has 1 aromatic rings. The van der Waals surface area contributed by atoms with E-state index in [0.717, 1.165) is 5.75 Å². The summed E-state index contributed by atoms with van der Waals surface area (Å²) in [6.07, 6.45) is 0.751. The van der Waals surface area contributed by atoms with Gasteiger partial charge in [-0.1, -0.05) is 0 Å². The molecule has 1 aromatic carbocycles. The van der Waals surface area contributed by atoms with Crippen molar-refractivity contribution in [3.8, 4) is 5.75 Å². The fraction of sp³-hybridized carbons (Fsp3) is 0.533. The van der Waals surface area contributed by atoms with Gasteiger partial charge in [-0.3, -0.25) is 4.79 Å². The molecule has 22 heavy (non-hydrogen) atoms. The second kappa shape index (κ2) is 7.37. The number of carbonyl (C=O) groups is 1. The van der Waals surface area contributed by atoms with Crippen molar-refractivity contribution in [2.75, 3.05) is 22.6 Å². The molecule has 0 radical (unpaired) electrons. The second-order valence-electron chi connectivity index (χ2n) is 5.58. The molecule has 122 valence electrons. The van der Waals surface area contributed by atoms with Crippen molar-refractivity contribution in [3.63, 3.8) is 0 Å². The van der Waals surface area contributed by atoms with Crippen LogP contribution in [-0.2, 0) is 14.6 Å². The van der Waals surface area contributed by atoms with E-state index in [4.69, 9.17) is 4.74 Å². The lowest BCUT2D eigenvalue weighted by atomic mass is 10.3. The van der Waals surface area contributed by atoms with E-state index in [-0.39, 0.29) is 34.5 Å². The molecule has 1 amide bonds. The highest BCUT2D eigenvalue weighted by molar-refractivity contribution is 8.02. The maximum atomic E-state index is 11.9. The summed E-state index contributed by atoms with van der Waals surface area (Å²) in [5.74, 6) is 1.34. The van der Waals surface area contributed by atoms with E-state index in [1.165, 1.54) is 11.8 Å². The molecule has 1 heterocycles. The van der Waals surface area contributed by atoms with Crippen molar-refractivity contribution in [2.24, 2.45) is 0 Å². The zero-order chi connectivity index (χ0) is 16.2. The van der Waals surface area contributed by atoms with Gasteiger partial charge in [-0.2, -0.15) is 0 Å². The number of sulfone groups is 1. The van der Waals surface area contributed by atoms with Crippen LogP contribution in [0, 0.1) is 0 Å². The van der Waals surface area contributed by atoms with Crippen LogP contribution in [0.15, 0.2) is 24.3 Å². The van der Waals surface area contributed by atoms with Gasteiger partial charge in [0.2, 0.25) is 5.91 Å². The molecule has 1 aliphatic rings. The van der Waals surface area contributed by atoms with Crippen LogP contribution in [0.5, 0.6) is 5.75 Å². The minimum absolute atomic E-state index is 0.0394. The van der Waals surface area contributed by atoms with Gasteiger partial charge in [0, 0.05) is 10.9 Å². The van der Waals surface area contributed by atoms with Crippen LogP contribution in [0.3, 0.4) is 0 Å². The summed E-state index contributed by atoms with van der Waals surface area (Å²) >= 11 is 1.41. The fourth-order valence-corrected chi connectivity index (χ4v) is 5.62. The Morgan fingerprint density at radius 2 is 2.05 bits per heavy atom. The van der Waals surface area contributed by atoms with Gasteiger partial charge >= 0.3 is 0 Å². The molecule has 0 saturated carbocycles. The monoisotopic (exact) mass is 343 g/mol. The summed E-state index contributed by atoms with van der Waals surface area (Å²) < 4.78 is 28.3. The van der Waals surface area contributed by atoms with Gasteiger partial charge in [-0.25, -0.2) is 8.42 Å². The molecule has 5 nitrogen and oxygen atoms in total. The number of rotatable bonds is 6. The average Bonchev–Trinajstić information content (AvgIpc) is 2.78. The van der Waals surface area contributed by atoms with Crippen LogP contribution in [0.2, 0.25) is 0 Å².